The van der Waals surface area contributed by atoms with Gasteiger partial charge >= 0.3 is 0 Å². The lowest BCUT2D eigenvalue weighted by Crippen LogP contribution is -2.44. The van der Waals surface area contributed by atoms with Crippen molar-refractivity contribution in [3.63, 3.8) is 0 Å². The molecule has 72 valence electrons. The summed E-state index contributed by atoms with van der Waals surface area (Å²) in [6.07, 6.45) is 6.55. The van der Waals surface area contributed by atoms with Gasteiger partial charge < -0.3 is 10.5 Å². The lowest BCUT2D eigenvalue weighted by molar-refractivity contribution is 0.0390. The smallest absolute Gasteiger partial charge is 0.0724 e. The molecule has 2 unspecified atom stereocenters. The number of methoxy groups -OCH3 is 1. The van der Waals surface area contributed by atoms with Gasteiger partial charge in [-0.3, -0.25) is 0 Å². The Morgan fingerprint density at radius 1 is 1.50 bits per heavy atom. The zero-order valence-electron chi connectivity index (χ0n) is 8.25. The molecule has 1 saturated carbocycles. The van der Waals surface area contributed by atoms with Crippen molar-refractivity contribution >= 4 is 0 Å². The molecule has 0 bridgehead atoms. The maximum absolute atomic E-state index is 6.09. The molecule has 0 radical (unpaired) electrons. The average molecular weight is 171 g/mol. The van der Waals surface area contributed by atoms with E-state index in [-0.39, 0.29) is 6.04 Å². The molecule has 1 fully saturated rings. The number of hydrogen-bond acceptors (Lipinski definition) is 2. The van der Waals surface area contributed by atoms with Crippen molar-refractivity contribution in [1.29, 1.82) is 0 Å². The molecule has 2 nitrogen and oxygen atoms in total. The van der Waals surface area contributed by atoms with Crippen LogP contribution >= 0.6 is 0 Å². The normalized spacial score (nSPS) is 23.2. The highest BCUT2D eigenvalue weighted by Gasteiger charge is 2.29. The summed E-state index contributed by atoms with van der Waals surface area (Å²) in [7, 11) is 1.78. The van der Waals surface area contributed by atoms with Gasteiger partial charge in [-0.1, -0.05) is 19.8 Å². The van der Waals surface area contributed by atoms with E-state index in [2.05, 4.69) is 6.92 Å². The molecule has 2 atom stereocenters. The Kier molecular flexibility index (Phi) is 4.02. The number of rotatable bonds is 5. The Morgan fingerprint density at radius 3 is 2.50 bits per heavy atom. The predicted molar refractivity (Wildman–Crippen MR) is 51.0 cm³/mol. The SMILES string of the molecule is CCCC(OC)C(N)C1CCC1. The molecular formula is C10H21NO. The van der Waals surface area contributed by atoms with Gasteiger partial charge in [-0.25, -0.2) is 0 Å². The van der Waals surface area contributed by atoms with Crippen molar-refractivity contribution in [2.24, 2.45) is 11.7 Å². The maximum Gasteiger partial charge on any atom is 0.0724 e. The summed E-state index contributed by atoms with van der Waals surface area (Å²) in [5, 5.41) is 0. The van der Waals surface area contributed by atoms with Crippen LogP contribution in [-0.4, -0.2) is 19.3 Å². The van der Waals surface area contributed by atoms with Gasteiger partial charge in [-0.15, -0.1) is 0 Å². The maximum atomic E-state index is 6.09. The highest BCUT2D eigenvalue weighted by molar-refractivity contribution is 4.85. The van der Waals surface area contributed by atoms with Gasteiger partial charge in [0.2, 0.25) is 0 Å². The third kappa shape index (κ3) is 2.20. The van der Waals surface area contributed by atoms with E-state index in [0.29, 0.717) is 6.10 Å². The minimum absolute atomic E-state index is 0.281. The zero-order valence-corrected chi connectivity index (χ0v) is 8.25. The van der Waals surface area contributed by atoms with Gasteiger partial charge in [0.15, 0.2) is 0 Å². The van der Waals surface area contributed by atoms with Gasteiger partial charge in [-0.05, 0) is 25.2 Å². The second-order valence-electron chi connectivity index (χ2n) is 3.83. The van der Waals surface area contributed by atoms with Crippen LogP contribution < -0.4 is 5.73 Å². The van der Waals surface area contributed by atoms with Crippen molar-refractivity contribution in [3.05, 3.63) is 0 Å². The number of nitrogens with two attached hydrogens (primary N) is 1. The molecule has 1 aliphatic rings. The monoisotopic (exact) mass is 171 g/mol. The van der Waals surface area contributed by atoms with E-state index in [9.17, 15) is 0 Å². The summed E-state index contributed by atoms with van der Waals surface area (Å²) in [5.74, 6) is 0.737. The van der Waals surface area contributed by atoms with E-state index < -0.39 is 0 Å². The lowest BCUT2D eigenvalue weighted by atomic mass is 9.77. The van der Waals surface area contributed by atoms with Gasteiger partial charge in [-0.2, -0.15) is 0 Å². The summed E-state index contributed by atoms with van der Waals surface area (Å²) in [4.78, 5) is 0. The zero-order chi connectivity index (χ0) is 8.97. The molecule has 0 aromatic carbocycles. The fourth-order valence-corrected chi connectivity index (χ4v) is 1.88. The second kappa shape index (κ2) is 4.83. The Labute approximate surface area is 75.5 Å². The standard InChI is InChI=1S/C10H21NO/c1-3-5-9(12-2)10(11)8-6-4-7-8/h8-10H,3-7,11H2,1-2H3. The van der Waals surface area contributed by atoms with Crippen LogP contribution in [-0.2, 0) is 4.74 Å². The van der Waals surface area contributed by atoms with Crippen molar-refractivity contribution < 1.29 is 4.74 Å². The van der Waals surface area contributed by atoms with Crippen molar-refractivity contribution in [1.82, 2.24) is 0 Å². The average Bonchev–Trinajstić information content (AvgIpc) is 1.96. The second-order valence-corrected chi connectivity index (χ2v) is 3.83. The molecule has 0 aliphatic heterocycles. The van der Waals surface area contributed by atoms with E-state index >= 15 is 0 Å². The minimum atomic E-state index is 0.281. The van der Waals surface area contributed by atoms with Crippen LogP contribution in [0.4, 0.5) is 0 Å². The third-order valence-corrected chi connectivity index (χ3v) is 3.00. The molecule has 1 aliphatic carbocycles. The van der Waals surface area contributed by atoms with Crippen LogP contribution in [0.3, 0.4) is 0 Å². The molecule has 0 aromatic heterocycles. The fraction of sp³-hybridized carbons (Fsp3) is 1.00. The van der Waals surface area contributed by atoms with Gasteiger partial charge in [0.1, 0.15) is 0 Å². The van der Waals surface area contributed by atoms with E-state index in [0.717, 1.165) is 12.3 Å². The van der Waals surface area contributed by atoms with E-state index in [1.165, 1.54) is 25.7 Å². The topological polar surface area (TPSA) is 35.2 Å². The summed E-state index contributed by atoms with van der Waals surface area (Å²) in [5.41, 5.74) is 6.09. The van der Waals surface area contributed by atoms with Crippen molar-refractivity contribution in [2.75, 3.05) is 7.11 Å². The molecule has 0 spiro atoms. The van der Waals surface area contributed by atoms with Crippen molar-refractivity contribution in [2.45, 2.75) is 51.2 Å². The predicted octanol–water partition coefficient (Wildman–Crippen LogP) is 1.93. The Bertz CT molecular complexity index is 123. The minimum Gasteiger partial charge on any atom is -0.380 e. The van der Waals surface area contributed by atoms with Gasteiger partial charge in [0.05, 0.1) is 6.10 Å². The molecule has 1 rings (SSSR count). The summed E-state index contributed by atoms with van der Waals surface area (Å²) in [6, 6.07) is 0.281. The molecule has 12 heavy (non-hydrogen) atoms. The number of ether oxygens (including phenoxy) is 1. The van der Waals surface area contributed by atoms with E-state index in [1.54, 1.807) is 7.11 Å². The quantitative estimate of drug-likeness (QED) is 0.686. The Hall–Kier alpha value is -0.0800. The largest absolute Gasteiger partial charge is 0.380 e. The van der Waals surface area contributed by atoms with Gasteiger partial charge in [0, 0.05) is 13.2 Å². The first-order valence-electron chi connectivity index (χ1n) is 5.08. The van der Waals surface area contributed by atoms with Crippen LogP contribution in [0.1, 0.15) is 39.0 Å². The molecule has 0 saturated heterocycles. The van der Waals surface area contributed by atoms with Crippen LogP contribution in [0, 0.1) is 5.92 Å². The van der Waals surface area contributed by atoms with Crippen LogP contribution in [0.25, 0.3) is 0 Å². The highest BCUT2D eigenvalue weighted by Crippen LogP contribution is 2.31. The first-order chi connectivity index (χ1) is 5.79. The molecule has 0 aromatic rings. The summed E-state index contributed by atoms with van der Waals surface area (Å²) < 4.78 is 5.38. The summed E-state index contributed by atoms with van der Waals surface area (Å²) in [6.45, 7) is 2.18. The van der Waals surface area contributed by atoms with E-state index in [1.807, 2.05) is 0 Å². The Balaban J connectivity index is 2.29. The lowest BCUT2D eigenvalue weighted by Gasteiger charge is -2.35. The molecule has 0 amide bonds. The number of hydrogen-bond donors (Lipinski definition) is 1. The molecule has 0 heterocycles. The molecule has 2 N–H and O–H groups in total. The van der Waals surface area contributed by atoms with E-state index in [4.69, 9.17) is 10.5 Å². The van der Waals surface area contributed by atoms with Crippen molar-refractivity contribution in [3.8, 4) is 0 Å². The van der Waals surface area contributed by atoms with Gasteiger partial charge in [0.25, 0.3) is 0 Å². The Morgan fingerprint density at radius 2 is 2.17 bits per heavy atom. The molecule has 2 heteroatoms. The highest BCUT2D eigenvalue weighted by atomic mass is 16.5. The first-order valence-corrected chi connectivity index (χ1v) is 5.08. The first kappa shape index (κ1) is 10.0. The van der Waals surface area contributed by atoms with Crippen LogP contribution in [0.15, 0.2) is 0 Å². The van der Waals surface area contributed by atoms with Crippen LogP contribution in [0.2, 0.25) is 0 Å². The molecular weight excluding hydrogens is 150 g/mol. The third-order valence-electron chi connectivity index (χ3n) is 3.00. The fourth-order valence-electron chi connectivity index (χ4n) is 1.88. The summed E-state index contributed by atoms with van der Waals surface area (Å²) >= 11 is 0. The van der Waals surface area contributed by atoms with Crippen LogP contribution in [0.5, 0.6) is 0 Å².